The fourth-order valence-electron chi connectivity index (χ4n) is 2.44. The van der Waals surface area contributed by atoms with Gasteiger partial charge in [0.25, 0.3) is 5.91 Å². The Morgan fingerprint density at radius 1 is 1.43 bits per heavy atom. The van der Waals surface area contributed by atoms with Gasteiger partial charge in [0.05, 0.1) is 11.8 Å². The number of nitriles is 1. The first-order valence-electron chi connectivity index (χ1n) is 7.07. The number of fused-ring (bicyclic) bond motifs is 1. The molecule has 3 rings (SSSR count). The summed E-state index contributed by atoms with van der Waals surface area (Å²) in [6, 6.07) is 11.4. The van der Waals surface area contributed by atoms with E-state index in [2.05, 4.69) is 21.6 Å². The molecule has 1 aromatic carbocycles. The molecule has 114 valence electrons. The number of nitrogens with one attached hydrogen (secondary N) is 2. The van der Waals surface area contributed by atoms with Crippen LogP contribution in [-0.2, 0) is 7.05 Å². The van der Waals surface area contributed by atoms with Crippen LogP contribution in [0.3, 0.4) is 0 Å². The minimum absolute atomic E-state index is 0.284. The number of aromatic amines is 1. The maximum atomic E-state index is 12.2. The second-order valence-corrected chi connectivity index (χ2v) is 5.19. The van der Waals surface area contributed by atoms with E-state index in [4.69, 9.17) is 5.26 Å². The van der Waals surface area contributed by atoms with Crippen LogP contribution in [0, 0.1) is 18.3 Å². The van der Waals surface area contributed by atoms with E-state index < -0.39 is 0 Å². The largest absolute Gasteiger partial charge is 0.360 e. The molecule has 6 nitrogen and oxygen atoms in total. The Bertz CT molecular complexity index is 955. The number of rotatable bonds is 3. The third kappa shape index (κ3) is 2.60. The monoisotopic (exact) mass is 305 g/mol. The summed E-state index contributed by atoms with van der Waals surface area (Å²) in [5.74, 6) is -0.284. The van der Waals surface area contributed by atoms with Crippen LogP contribution in [0.5, 0.6) is 0 Å². The fourth-order valence-corrected chi connectivity index (χ4v) is 2.44. The zero-order chi connectivity index (χ0) is 16.4. The number of amides is 1. The summed E-state index contributed by atoms with van der Waals surface area (Å²) < 4.78 is 1.78. The van der Waals surface area contributed by atoms with Crippen LogP contribution >= 0.6 is 0 Å². The fraction of sp³-hybridized carbons (Fsp3) is 0.118. The van der Waals surface area contributed by atoms with Crippen LogP contribution in [0.4, 0.5) is 0 Å². The first-order chi connectivity index (χ1) is 11.1. The van der Waals surface area contributed by atoms with Crippen molar-refractivity contribution in [3.63, 3.8) is 0 Å². The van der Waals surface area contributed by atoms with Gasteiger partial charge >= 0.3 is 0 Å². The van der Waals surface area contributed by atoms with Crippen molar-refractivity contribution in [2.24, 2.45) is 12.1 Å². The number of nitrogens with zero attached hydrogens (tertiary/aromatic N) is 3. The molecule has 0 aliphatic carbocycles. The number of hydrazone groups is 1. The zero-order valence-corrected chi connectivity index (χ0v) is 12.8. The van der Waals surface area contributed by atoms with Crippen LogP contribution in [-0.4, -0.2) is 21.7 Å². The van der Waals surface area contributed by atoms with Crippen molar-refractivity contribution in [1.29, 1.82) is 5.26 Å². The Kier molecular flexibility index (Phi) is 3.69. The summed E-state index contributed by atoms with van der Waals surface area (Å²) >= 11 is 0. The molecule has 0 radical (unpaired) electrons. The lowest BCUT2D eigenvalue weighted by Gasteiger charge is -1.99. The molecule has 1 amide bonds. The van der Waals surface area contributed by atoms with Gasteiger partial charge in [-0.25, -0.2) is 5.43 Å². The van der Waals surface area contributed by atoms with E-state index >= 15 is 0 Å². The molecule has 0 bridgehead atoms. The summed E-state index contributed by atoms with van der Waals surface area (Å²) in [4.78, 5) is 15.3. The standard InChI is InChI=1S/C17H15N5O/c1-11-12(7-13(8-18)22(11)2)9-20-21-17(23)15-10-19-16-6-4-3-5-14(15)16/h3-7,9-10,19H,1-2H3,(H,21,23). The van der Waals surface area contributed by atoms with E-state index in [0.29, 0.717) is 11.3 Å². The lowest BCUT2D eigenvalue weighted by atomic mass is 10.2. The highest BCUT2D eigenvalue weighted by Gasteiger charge is 2.11. The molecule has 2 N–H and O–H groups in total. The predicted octanol–water partition coefficient (Wildman–Crippen LogP) is 2.45. The third-order valence-corrected chi connectivity index (χ3v) is 3.89. The Labute approximate surface area is 133 Å². The van der Waals surface area contributed by atoms with Crippen molar-refractivity contribution < 1.29 is 4.79 Å². The van der Waals surface area contributed by atoms with E-state index in [9.17, 15) is 4.79 Å². The summed E-state index contributed by atoms with van der Waals surface area (Å²) in [6.45, 7) is 1.89. The van der Waals surface area contributed by atoms with Gasteiger partial charge in [0.15, 0.2) is 0 Å². The normalized spacial score (nSPS) is 11.0. The Morgan fingerprint density at radius 3 is 2.96 bits per heavy atom. The molecular weight excluding hydrogens is 290 g/mol. The van der Waals surface area contributed by atoms with Crippen molar-refractivity contribution in [3.05, 3.63) is 59.0 Å². The van der Waals surface area contributed by atoms with E-state index in [1.807, 2.05) is 38.2 Å². The SMILES string of the molecule is Cc1c(C=NNC(=O)c2c[nH]c3ccccc23)cc(C#N)n1C. The summed E-state index contributed by atoms with van der Waals surface area (Å²) in [5.41, 5.74) is 6.21. The van der Waals surface area contributed by atoms with Gasteiger partial charge in [-0.2, -0.15) is 10.4 Å². The molecule has 0 unspecified atom stereocenters. The van der Waals surface area contributed by atoms with Crippen molar-refractivity contribution in [2.75, 3.05) is 0 Å². The van der Waals surface area contributed by atoms with Gasteiger partial charge in [0, 0.05) is 35.4 Å². The summed E-state index contributed by atoms with van der Waals surface area (Å²) in [5, 5.41) is 13.8. The molecule has 0 aliphatic heterocycles. The minimum Gasteiger partial charge on any atom is -0.360 e. The minimum atomic E-state index is -0.284. The topological polar surface area (TPSA) is 86.0 Å². The molecule has 2 aromatic heterocycles. The van der Waals surface area contributed by atoms with Gasteiger partial charge in [-0.1, -0.05) is 18.2 Å². The summed E-state index contributed by atoms with van der Waals surface area (Å²) in [6.07, 6.45) is 3.21. The molecule has 0 atom stereocenters. The van der Waals surface area contributed by atoms with Gasteiger partial charge in [0.1, 0.15) is 11.8 Å². The zero-order valence-electron chi connectivity index (χ0n) is 12.8. The predicted molar refractivity (Wildman–Crippen MR) is 88.2 cm³/mol. The van der Waals surface area contributed by atoms with E-state index in [1.54, 1.807) is 23.0 Å². The second kappa shape index (κ2) is 5.81. The first kappa shape index (κ1) is 14.6. The molecule has 0 fully saturated rings. The highest BCUT2D eigenvalue weighted by molar-refractivity contribution is 6.06. The number of carbonyl (C=O) groups excluding carboxylic acids is 1. The van der Waals surface area contributed by atoms with Gasteiger partial charge in [-0.3, -0.25) is 4.79 Å². The van der Waals surface area contributed by atoms with Crippen LogP contribution in [0.1, 0.15) is 27.3 Å². The molecule has 23 heavy (non-hydrogen) atoms. The second-order valence-electron chi connectivity index (χ2n) is 5.19. The van der Waals surface area contributed by atoms with Crippen molar-refractivity contribution in [2.45, 2.75) is 6.92 Å². The number of carbonyl (C=O) groups is 1. The molecule has 2 heterocycles. The van der Waals surface area contributed by atoms with Crippen LogP contribution in [0.25, 0.3) is 10.9 Å². The van der Waals surface area contributed by atoms with Crippen LogP contribution in [0.15, 0.2) is 41.6 Å². The lowest BCUT2D eigenvalue weighted by Crippen LogP contribution is -2.17. The number of para-hydroxylation sites is 1. The van der Waals surface area contributed by atoms with Crippen molar-refractivity contribution in [1.82, 2.24) is 15.0 Å². The molecule has 3 aromatic rings. The van der Waals surface area contributed by atoms with Gasteiger partial charge in [-0.15, -0.1) is 0 Å². The van der Waals surface area contributed by atoms with Crippen LogP contribution in [0.2, 0.25) is 0 Å². The number of hydrogen-bond donors (Lipinski definition) is 2. The maximum Gasteiger partial charge on any atom is 0.273 e. The number of benzene rings is 1. The lowest BCUT2D eigenvalue weighted by molar-refractivity contribution is 0.0957. The maximum absolute atomic E-state index is 12.2. The molecule has 0 spiro atoms. The van der Waals surface area contributed by atoms with Crippen molar-refractivity contribution in [3.8, 4) is 6.07 Å². The van der Waals surface area contributed by atoms with Crippen molar-refractivity contribution >= 4 is 23.0 Å². The van der Waals surface area contributed by atoms with Gasteiger partial charge < -0.3 is 9.55 Å². The molecule has 0 aliphatic rings. The highest BCUT2D eigenvalue weighted by Crippen LogP contribution is 2.17. The quantitative estimate of drug-likeness (QED) is 0.575. The highest BCUT2D eigenvalue weighted by atomic mass is 16.2. The number of aromatic nitrogens is 2. The van der Waals surface area contributed by atoms with Gasteiger partial charge in [-0.05, 0) is 19.1 Å². The van der Waals surface area contributed by atoms with E-state index in [1.165, 1.54) is 0 Å². The van der Waals surface area contributed by atoms with E-state index in [-0.39, 0.29) is 5.91 Å². The first-order valence-corrected chi connectivity index (χ1v) is 7.07. The molecular formula is C17H15N5O. The molecule has 6 heteroatoms. The smallest absolute Gasteiger partial charge is 0.273 e. The third-order valence-electron chi connectivity index (χ3n) is 3.89. The van der Waals surface area contributed by atoms with Gasteiger partial charge in [0.2, 0.25) is 0 Å². The average Bonchev–Trinajstić information content (AvgIpc) is 3.11. The summed E-state index contributed by atoms with van der Waals surface area (Å²) in [7, 11) is 1.82. The number of H-pyrrole nitrogens is 1. The Balaban J connectivity index is 1.78. The van der Waals surface area contributed by atoms with E-state index in [0.717, 1.165) is 22.2 Å². The number of hydrogen-bond acceptors (Lipinski definition) is 3. The Morgan fingerprint density at radius 2 is 2.22 bits per heavy atom. The molecule has 0 saturated carbocycles. The average molecular weight is 305 g/mol. The van der Waals surface area contributed by atoms with Crippen LogP contribution < -0.4 is 5.43 Å². The Hall–Kier alpha value is -3.33. The molecule has 0 saturated heterocycles.